The van der Waals surface area contributed by atoms with Crippen molar-refractivity contribution in [2.45, 2.75) is 19.9 Å². The van der Waals surface area contributed by atoms with Crippen molar-refractivity contribution in [1.29, 1.82) is 0 Å². The average molecular weight is 333 g/mol. The molecule has 1 heterocycles. The van der Waals surface area contributed by atoms with Crippen LogP contribution in [0.15, 0.2) is 36.4 Å². The van der Waals surface area contributed by atoms with Crippen LogP contribution >= 0.6 is 0 Å². The highest BCUT2D eigenvalue weighted by atomic mass is 19.2. The molecule has 2 aromatic carbocycles. The summed E-state index contributed by atoms with van der Waals surface area (Å²) in [6.07, 6.45) is -1.11. The summed E-state index contributed by atoms with van der Waals surface area (Å²) in [6, 6.07) is 8.48. The van der Waals surface area contributed by atoms with Crippen LogP contribution in [0, 0.1) is 17.0 Å². The fourth-order valence-corrected chi connectivity index (χ4v) is 2.92. The van der Waals surface area contributed by atoms with Crippen LogP contribution in [-0.2, 0) is 0 Å². The van der Waals surface area contributed by atoms with Crippen molar-refractivity contribution in [3.63, 3.8) is 0 Å². The highest BCUT2D eigenvalue weighted by molar-refractivity contribution is 5.69. The van der Waals surface area contributed by atoms with Crippen LogP contribution in [0.1, 0.15) is 25.5 Å². The summed E-state index contributed by atoms with van der Waals surface area (Å²) in [7, 11) is 0. The molecular weight excluding hydrogens is 316 g/mol. The van der Waals surface area contributed by atoms with E-state index in [4.69, 9.17) is 9.84 Å². The summed E-state index contributed by atoms with van der Waals surface area (Å²) < 4.78 is 32.3. The number of benzene rings is 2. The fraction of sp³-hybridized carbons (Fsp3) is 0.278. The molecule has 2 aromatic rings. The molecule has 0 saturated heterocycles. The second-order valence-corrected chi connectivity index (χ2v) is 6.54. The van der Waals surface area contributed by atoms with Crippen molar-refractivity contribution in [2.75, 3.05) is 6.61 Å². The Balaban J connectivity index is 2.02. The number of ether oxygens (including phenoxy) is 1. The normalized spacial score (nSPS) is 18.4. The molecule has 0 radical (unpaired) electrons. The Morgan fingerprint density at radius 2 is 1.83 bits per heavy atom. The summed E-state index contributed by atoms with van der Waals surface area (Å²) in [6.45, 7) is 4.17. The molecule has 126 valence electrons. The third kappa shape index (κ3) is 2.91. The quantitative estimate of drug-likeness (QED) is 0.858. The van der Waals surface area contributed by atoms with Crippen molar-refractivity contribution < 1.29 is 23.4 Å². The van der Waals surface area contributed by atoms with Gasteiger partial charge in [-0.25, -0.2) is 13.6 Å². The molecule has 0 saturated carbocycles. The van der Waals surface area contributed by atoms with Gasteiger partial charge in [0.05, 0.1) is 12.6 Å². The van der Waals surface area contributed by atoms with E-state index in [0.717, 1.165) is 17.7 Å². The van der Waals surface area contributed by atoms with E-state index in [9.17, 15) is 13.6 Å². The molecule has 1 amide bonds. The molecule has 1 aliphatic heterocycles. The van der Waals surface area contributed by atoms with Crippen LogP contribution < -0.4 is 10.1 Å². The van der Waals surface area contributed by atoms with Gasteiger partial charge in [-0.1, -0.05) is 32.0 Å². The van der Waals surface area contributed by atoms with Crippen molar-refractivity contribution in [3.8, 4) is 16.9 Å². The monoisotopic (exact) mass is 333 g/mol. The van der Waals surface area contributed by atoms with Gasteiger partial charge in [0, 0.05) is 11.0 Å². The standard InChI is InChI=1S/C18H17F2NO3/c1-18(2)9-24-15-8-11(10-4-6-13(19)14(20)7-10)3-5-12(15)16(18)21-17(22)23/h3-8,16,21H,9H2,1-2H3,(H,22,23). The van der Waals surface area contributed by atoms with Crippen molar-refractivity contribution >= 4 is 6.09 Å². The first-order chi connectivity index (χ1) is 11.3. The van der Waals surface area contributed by atoms with Crippen molar-refractivity contribution in [3.05, 3.63) is 53.6 Å². The summed E-state index contributed by atoms with van der Waals surface area (Å²) in [5, 5.41) is 11.6. The van der Waals surface area contributed by atoms with Gasteiger partial charge in [-0.3, -0.25) is 0 Å². The summed E-state index contributed by atoms with van der Waals surface area (Å²) >= 11 is 0. The third-order valence-electron chi connectivity index (χ3n) is 4.23. The zero-order valence-corrected chi connectivity index (χ0v) is 13.3. The Bertz CT molecular complexity index is 805. The second-order valence-electron chi connectivity index (χ2n) is 6.54. The number of hydrogen-bond acceptors (Lipinski definition) is 2. The van der Waals surface area contributed by atoms with Crippen LogP contribution in [0.2, 0.25) is 0 Å². The van der Waals surface area contributed by atoms with Gasteiger partial charge in [0.25, 0.3) is 0 Å². The maximum absolute atomic E-state index is 13.4. The summed E-state index contributed by atoms with van der Waals surface area (Å²) in [5.41, 5.74) is 1.50. The minimum Gasteiger partial charge on any atom is -0.493 e. The first-order valence-electron chi connectivity index (χ1n) is 7.49. The Morgan fingerprint density at radius 1 is 1.17 bits per heavy atom. The van der Waals surface area contributed by atoms with Gasteiger partial charge < -0.3 is 15.2 Å². The van der Waals surface area contributed by atoms with E-state index in [1.807, 2.05) is 13.8 Å². The number of nitrogens with one attached hydrogen (secondary N) is 1. The number of hydrogen-bond donors (Lipinski definition) is 2. The van der Waals surface area contributed by atoms with Gasteiger partial charge >= 0.3 is 6.09 Å². The average Bonchev–Trinajstić information content (AvgIpc) is 2.52. The molecule has 1 unspecified atom stereocenters. The van der Waals surface area contributed by atoms with Crippen LogP contribution in [0.5, 0.6) is 5.75 Å². The Kier molecular flexibility index (Phi) is 3.91. The van der Waals surface area contributed by atoms with Gasteiger partial charge in [0.1, 0.15) is 5.75 Å². The number of carbonyl (C=O) groups is 1. The predicted octanol–water partition coefficient (Wildman–Crippen LogP) is 4.36. The molecule has 6 heteroatoms. The lowest BCUT2D eigenvalue weighted by Gasteiger charge is -2.39. The minimum absolute atomic E-state index is 0.339. The molecule has 1 aliphatic rings. The van der Waals surface area contributed by atoms with Crippen molar-refractivity contribution in [2.24, 2.45) is 5.41 Å². The maximum Gasteiger partial charge on any atom is 0.405 e. The topological polar surface area (TPSA) is 58.6 Å². The number of amides is 1. The molecule has 0 aliphatic carbocycles. The van der Waals surface area contributed by atoms with E-state index in [2.05, 4.69) is 5.32 Å². The lowest BCUT2D eigenvalue weighted by atomic mass is 9.78. The van der Waals surface area contributed by atoms with Crippen LogP contribution in [0.3, 0.4) is 0 Å². The SMILES string of the molecule is CC1(C)COc2cc(-c3ccc(F)c(F)c3)ccc2C1NC(=O)O. The molecular formula is C18H17F2NO3. The second kappa shape index (κ2) is 5.78. The van der Waals surface area contributed by atoms with E-state index in [1.54, 1.807) is 18.2 Å². The molecule has 3 rings (SSSR count). The molecule has 4 nitrogen and oxygen atoms in total. The van der Waals surface area contributed by atoms with Gasteiger partial charge in [-0.2, -0.15) is 0 Å². The molecule has 0 bridgehead atoms. The lowest BCUT2D eigenvalue weighted by Crippen LogP contribution is -2.43. The number of halogens is 2. The van der Waals surface area contributed by atoms with E-state index in [-0.39, 0.29) is 0 Å². The Hall–Kier alpha value is -2.63. The molecule has 0 fully saturated rings. The zero-order valence-electron chi connectivity index (χ0n) is 13.3. The molecule has 0 aromatic heterocycles. The number of fused-ring (bicyclic) bond motifs is 1. The Labute approximate surface area is 138 Å². The lowest BCUT2D eigenvalue weighted by molar-refractivity contribution is 0.0996. The number of rotatable bonds is 2. The van der Waals surface area contributed by atoms with Crippen LogP contribution in [-0.4, -0.2) is 17.8 Å². The first-order valence-corrected chi connectivity index (χ1v) is 7.49. The van der Waals surface area contributed by atoms with E-state index < -0.39 is 29.2 Å². The highest BCUT2D eigenvalue weighted by Crippen LogP contribution is 2.44. The van der Waals surface area contributed by atoms with Gasteiger partial charge in [0.15, 0.2) is 11.6 Å². The van der Waals surface area contributed by atoms with Gasteiger partial charge in [-0.15, -0.1) is 0 Å². The third-order valence-corrected chi connectivity index (χ3v) is 4.23. The van der Waals surface area contributed by atoms with Gasteiger partial charge in [-0.05, 0) is 29.3 Å². The zero-order chi connectivity index (χ0) is 17.5. The predicted molar refractivity (Wildman–Crippen MR) is 85.0 cm³/mol. The number of carboxylic acid groups (broad SMARTS) is 1. The van der Waals surface area contributed by atoms with Crippen LogP contribution in [0.4, 0.5) is 13.6 Å². The van der Waals surface area contributed by atoms with E-state index >= 15 is 0 Å². The first kappa shape index (κ1) is 16.2. The van der Waals surface area contributed by atoms with Crippen LogP contribution in [0.25, 0.3) is 11.1 Å². The van der Waals surface area contributed by atoms with E-state index in [1.165, 1.54) is 6.07 Å². The smallest absolute Gasteiger partial charge is 0.405 e. The summed E-state index contributed by atoms with van der Waals surface area (Å²) in [5.74, 6) is -1.28. The minimum atomic E-state index is -1.11. The fourth-order valence-electron chi connectivity index (χ4n) is 2.92. The molecule has 1 atom stereocenters. The van der Waals surface area contributed by atoms with Gasteiger partial charge in [0.2, 0.25) is 0 Å². The van der Waals surface area contributed by atoms with Crippen molar-refractivity contribution in [1.82, 2.24) is 5.32 Å². The summed E-state index contributed by atoms with van der Waals surface area (Å²) in [4.78, 5) is 11.1. The molecule has 24 heavy (non-hydrogen) atoms. The molecule has 0 spiro atoms. The maximum atomic E-state index is 13.4. The van der Waals surface area contributed by atoms with E-state index in [0.29, 0.717) is 23.5 Å². The molecule has 2 N–H and O–H groups in total. The highest BCUT2D eigenvalue weighted by Gasteiger charge is 2.38. The Morgan fingerprint density at radius 3 is 2.50 bits per heavy atom. The largest absolute Gasteiger partial charge is 0.493 e.